The van der Waals surface area contributed by atoms with Crippen molar-refractivity contribution in [1.29, 1.82) is 5.26 Å². The number of nitrogens with two attached hydrogens (primary N) is 1. The second-order valence-corrected chi connectivity index (χ2v) is 4.00. The summed E-state index contributed by atoms with van der Waals surface area (Å²) >= 11 is 0. The van der Waals surface area contributed by atoms with Crippen LogP contribution in [0.1, 0.15) is 15.9 Å². The van der Waals surface area contributed by atoms with Crippen LogP contribution in [0, 0.1) is 11.3 Å². The van der Waals surface area contributed by atoms with E-state index >= 15 is 0 Å². The van der Waals surface area contributed by atoms with Crippen molar-refractivity contribution >= 4 is 17.5 Å². The minimum atomic E-state index is -0.605. The molecule has 100 valence electrons. The second kappa shape index (κ2) is 5.67. The highest BCUT2D eigenvalue weighted by molar-refractivity contribution is 5.93. The number of carbonyl (C=O) groups excluding carboxylic acids is 2. The summed E-state index contributed by atoms with van der Waals surface area (Å²) in [4.78, 5) is 22.7. The molecule has 0 unspecified atom stereocenters. The molecule has 0 aliphatic carbocycles. The van der Waals surface area contributed by atoms with E-state index < -0.39 is 5.91 Å². The Kier molecular flexibility index (Phi) is 3.77. The van der Waals surface area contributed by atoms with Gasteiger partial charge in [0.15, 0.2) is 0 Å². The zero-order valence-electron chi connectivity index (χ0n) is 10.4. The summed E-state index contributed by atoms with van der Waals surface area (Å²) in [6, 6.07) is 8.65. The highest BCUT2D eigenvalue weighted by Gasteiger charge is 2.09. The number of carbonyl (C=O) groups is 2. The van der Waals surface area contributed by atoms with Gasteiger partial charge in [-0.3, -0.25) is 14.3 Å². The van der Waals surface area contributed by atoms with Gasteiger partial charge in [-0.2, -0.15) is 10.4 Å². The van der Waals surface area contributed by atoms with Gasteiger partial charge in [0.05, 0.1) is 23.0 Å². The lowest BCUT2D eigenvalue weighted by molar-refractivity contribution is -0.116. The molecular formula is C13H11N5O2. The van der Waals surface area contributed by atoms with E-state index in [2.05, 4.69) is 10.4 Å². The standard InChI is InChI=1S/C13H11N5O2/c14-5-9-3-1-2-4-11(9)17-12(19)8-18-7-10(6-16-18)13(15)20/h1-4,6-7H,8H2,(H2,15,20)(H,17,19). The number of primary amides is 1. The van der Waals surface area contributed by atoms with Crippen molar-refractivity contribution in [2.45, 2.75) is 6.54 Å². The molecule has 0 aliphatic rings. The van der Waals surface area contributed by atoms with Gasteiger partial charge >= 0.3 is 0 Å². The zero-order chi connectivity index (χ0) is 14.5. The third kappa shape index (κ3) is 3.00. The molecule has 0 aliphatic heterocycles. The molecule has 7 heteroatoms. The number of rotatable bonds is 4. The summed E-state index contributed by atoms with van der Waals surface area (Å²) in [6.45, 7) is -0.0763. The van der Waals surface area contributed by atoms with Gasteiger partial charge in [0.2, 0.25) is 5.91 Å². The van der Waals surface area contributed by atoms with Crippen LogP contribution in [0.5, 0.6) is 0 Å². The van der Waals surface area contributed by atoms with Gasteiger partial charge in [-0.15, -0.1) is 0 Å². The van der Waals surface area contributed by atoms with Gasteiger partial charge in [0.25, 0.3) is 5.91 Å². The fraction of sp³-hybridized carbons (Fsp3) is 0.0769. The minimum absolute atomic E-state index is 0.0763. The van der Waals surface area contributed by atoms with Crippen molar-refractivity contribution in [3.63, 3.8) is 0 Å². The van der Waals surface area contributed by atoms with Gasteiger partial charge in [0, 0.05) is 6.20 Å². The van der Waals surface area contributed by atoms with Crippen molar-refractivity contribution in [1.82, 2.24) is 9.78 Å². The summed E-state index contributed by atoms with van der Waals surface area (Å²) in [6.07, 6.45) is 2.68. The predicted octanol–water partition coefficient (Wildman–Crippen LogP) is 0.492. The van der Waals surface area contributed by atoms with Crippen LogP contribution in [-0.2, 0) is 11.3 Å². The van der Waals surface area contributed by atoms with Crippen LogP contribution in [0.3, 0.4) is 0 Å². The number of nitrogens with zero attached hydrogens (tertiary/aromatic N) is 3. The third-order valence-corrected chi connectivity index (χ3v) is 2.54. The highest BCUT2D eigenvalue weighted by atomic mass is 16.2. The molecule has 0 saturated heterocycles. The fourth-order valence-electron chi connectivity index (χ4n) is 1.60. The second-order valence-electron chi connectivity index (χ2n) is 4.00. The van der Waals surface area contributed by atoms with Gasteiger partial charge in [-0.25, -0.2) is 0 Å². The number of nitriles is 1. The Morgan fingerprint density at radius 2 is 2.15 bits per heavy atom. The molecular weight excluding hydrogens is 258 g/mol. The summed E-state index contributed by atoms with van der Waals surface area (Å²) in [5.74, 6) is -0.960. The molecule has 2 rings (SSSR count). The maximum atomic E-state index is 11.8. The lowest BCUT2D eigenvalue weighted by Crippen LogP contribution is -2.19. The lowest BCUT2D eigenvalue weighted by atomic mass is 10.2. The predicted molar refractivity (Wildman–Crippen MR) is 70.5 cm³/mol. The summed E-state index contributed by atoms with van der Waals surface area (Å²) in [5.41, 5.74) is 6.13. The molecule has 0 bridgehead atoms. The topological polar surface area (TPSA) is 114 Å². The Morgan fingerprint density at radius 1 is 1.40 bits per heavy atom. The van der Waals surface area contributed by atoms with Gasteiger partial charge in [-0.1, -0.05) is 12.1 Å². The molecule has 0 spiro atoms. The third-order valence-electron chi connectivity index (χ3n) is 2.54. The lowest BCUT2D eigenvalue weighted by Gasteiger charge is -2.06. The Bertz CT molecular complexity index is 699. The Balaban J connectivity index is 2.05. The number of aromatic nitrogens is 2. The van der Waals surface area contributed by atoms with Gasteiger partial charge < -0.3 is 11.1 Å². The number of amides is 2. The Morgan fingerprint density at radius 3 is 2.80 bits per heavy atom. The summed E-state index contributed by atoms with van der Waals surface area (Å²) < 4.78 is 1.30. The van der Waals surface area contributed by atoms with E-state index in [1.807, 2.05) is 6.07 Å². The Hall–Kier alpha value is -3.14. The van der Waals surface area contributed by atoms with Crippen LogP contribution >= 0.6 is 0 Å². The first-order valence-corrected chi connectivity index (χ1v) is 5.71. The molecule has 1 aromatic heterocycles. The molecule has 1 heterocycles. The van der Waals surface area contributed by atoms with Gasteiger partial charge in [-0.05, 0) is 12.1 Å². The maximum absolute atomic E-state index is 11.8. The van der Waals surface area contributed by atoms with Crippen molar-refractivity contribution in [2.24, 2.45) is 5.73 Å². The van der Waals surface area contributed by atoms with Crippen LogP contribution in [-0.4, -0.2) is 21.6 Å². The van der Waals surface area contributed by atoms with Crippen molar-refractivity contribution in [3.8, 4) is 6.07 Å². The quantitative estimate of drug-likeness (QED) is 0.840. The SMILES string of the molecule is N#Cc1ccccc1NC(=O)Cn1cc(C(N)=O)cn1. The molecule has 0 radical (unpaired) electrons. The monoisotopic (exact) mass is 269 g/mol. The number of para-hydroxylation sites is 1. The van der Waals surface area contributed by atoms with Crippen molar-refractivity contribution < 1.29 is 9.59 Å². The van der Waals surface area contributed by atoms with E-state index in [0.29, 0.717) is 11.3 Å². The zero-order valence-corrected chi connectivity index (χ0v) is 10.4. The molecule has 7 nitrogen and oxygen atoms in total. The van der Waals surface area contributed by atoms with E-state index in [0.717, 1.165) is 0 Å². The molecule has 2 aromatic rings. The average Bonchev–Trinajstić information content (AvgIpc) is 2.88. The molecule has 0 saturated carbocycles. The Labute approximate surface area is 114 Å². The highest BCUT2D eigenvalue weighted by Crippen LogP contribution is 2.13. The number of nitrogens with one attached hydrogen (secondary N) is 1. The summed E-state index contributed by atoms with van der Waals surface area (Å²) in [5, 5.41) is 15.4. The number of anilines is 1. The van der Waals surface area contributed by atoms with E-state index in [-0.39, 0.29) is 18.0 Å². The van der Waals surface area contributed by atoms with Gasteiger partial charge in [0.1, 0.15) is 12.6 Å². The molecule has 0 fully saturated rings. The van der Waals surface area contributed by atoms with Crippen LogP contribution < -0.4 is 11.1 Å². The molecule has 0 atom stereocenters. The minimum Gasteiger partial charge on any atom is -0.366 e. The molecule has 1 aromatic carbocycles. The molecule has 2 amide bonds. The smallest absolute Gasteiger partial charge is 0.251 e. The normalized spacial score (nSPS) is 9.75. The first kappa shape index (κ1) is 13.3. The van der Waals surface area contributed by atoms with Crippen molar-refractivity contribution in [2.75, 3.05) is 5.32 Å². The number of benzene rings is 1. The van der Waals surface area contributed by atoms with Crippen LogP contribution in [0.2, 0.25) is 0 Å². The van der Waals surface area contributed by atoms with E-state index in [1.54, 1.807) is 24.3 Å². The van der Waals surface area contributed by atoms with E-state index in [4.69, 9.17) is 11.0 Å². The van der Waals surface area contributed by atoms with Crippen LogP contribution in [0.4, 0.5) is 5.69 Å². The number of hydrogen-bond donors (Lipinski definition) is 2. The first-order chi connectivity index (χ1) is 9.60. The average molecular weight is 269 g/mol. The number of hydrogen-bond acceptors (Lipinski definition) is 4. The maximum Gasteiger partial charge on any atom is 0.251 e. The van der Waals surface area contributed by atoms with Crippen LogP contribution in [0.15, 0.2) is 36.7 Å². The molecule has 3 N–H and O–H groups in total. The first-order valence-electron chi connectivity index (χ1n) is 5.71. The fourth-order valence-corrected chi connectivity index (χ4v) is 1.60. The van der Waals surface area contributed by atoms with E-state index in [1.165, 1.54) is 17.1 Å². The largest absolute Gasteiger partial charge is 0.366 e. The summed E-state index contributed by atoms with van der Waals surface area (Å²) in [7, 11) is 0. The van der Waals surface area contributed by atoms with E-state index in [9.17, 15) is 9.59 Å². The van der Waals surface area contributed by atoms with Crippen LogP contribution in [0.25, 0.3) is 0 Å². The molecule has 20 heavy (non-hydrogen) atoms. The van der Waals surface area contributed by atoms with Crippen molar-refractivity contribution in [3.05, 3.63) is 47.8 Å².